The molecule has 1 atom stereocenters. The third kappa shape index (κ3) is 5.65. The number of rotatable bonds is 3. The number of halogens is 3. The average molecular weight is 170 g/mol. The first-order chi connectivity index (χ1) is 4.83. The monoisotopic (exact) mass is 170 g/mol. The van der Waals surface area contributed by atoms with Gasteiger partial charge < -0.3 is 11.5 Å². The number of primary amides is 1. The number of alkyl halides is 3. The molecule has 0 saturated heterocycles. The Hall–Kier alpha value is -0.780. The fourth-order valence-corrected chi connectivity index (χ4v) is 0.461. The van der Waals surface area contributed by atoms with Gasteiger partial charge in [0.05, 0.1) is 6.04 Å². The van der Waals surface area contributed by atoms with E-state index in [1.54, 1.807) is 0 Å². The van der Waals surface area contributed by atoms with Crippen LogP contribution in [0.5, 0.6) is 0 Å². The molecule has 0 aromatic rings. The molecule has 0 fully saturated rings. The fourth-order valence-electron chi connectivity index (χ4n) is 0.461. The zero-order chi connectivity index (χ0) is 9.07. The summed E-state index contributed by atoms with van der Waals surface area (Å²) in [6.45, 7) is 0. The van der Waals surface area contributed by atoms with Gasteiger partial charge >= 0.3 is 6.18 Å². The molecule has 0 aliphatic carbocycles. The summed E-state index contributed by atoms with van der Waals surface area (Å²) in [5.41, 5.74) is 9.58. The Morgan fingerprint density at radius 1 is 1.45 bits per heavy atom. The molecular weight excluding hydrogens is 161 g/mol. The SMILES string of the molecule is NC(=O)C(N)CCC(F)(F)F. The number of nitrogens with two attached hydrogens (primary N) is 2. The molecule has 3 nitrogen and oxygen atoms in total. The molecule has 0 spiro atoms. The van der Waals surface area contributed by atoms with E-state index < -0.39 is 31.0 Å². The van der Waals surface area contributed by atoms with Gasteiger partial charge in [-0.25, -0.2) is 0 Å². The normalized spacial score (nSPS) is 14.5. The lowest BCUT2D eigenvalue weighted by atomic mass is 10.1. The summed E-state index contributed by atoms with van der Waals surface area (Å²) in [5.74, 6) is -0.908. The van der Waals surface area contributed by atoms with Crippen LogP contribution in [0.4, 0.5) is 13.2 Å². The number of hydrogen-bond acceptors (Lipinski definition) is 2. The lowest BCUT2D eigenvalue weighted by Crippen LogP contribution is -2.37. The van der Waals surface area contributed by atoms with Crippen LogP contribution in [0.15, 0.2) is 0 Å². The van der Waals surface area contributed by atoms with Gasteiger partial charge in [0.2, 0.25) is 5.91 Å². The van der Waals surface area contributed by atoms with E-state index in [1.165, 1.54) is 0 Å². The van der Waals surface area contributed by atoms with E-state index in [-0.39, 0.29) is 0 Å². The van der Waals surface area contributed by atoms with Crippen LogP contribution in [-0.2, 0) is 4.79 Å². The quantitative estimate of drug-likeness (QED) is 0.632. The standard InChI is InChI=1S/C5H9F3N2O/c6-5(7,8)2-1-3(9)4(10)11/h3H,1-2,9H2,(H2,10,11). The molecule has 0 heterocycles. The molecule has 4 N–H and O–H groups in total. The highest BCUT2D eigenvalue weighted by Gasteiger charge is 2.28. The molecule has 0 radical (unpaired) electrons. The predicted octanol–water partition coefficient (Wildman–Crippen LogP) is 0.141. The minimum atomic E-state index is -4.27. The van der Waals surface area contributed by atoms with Gasteiger partial charge in [-0.2, -0.15) is 13.2 Å². The minimum Gasteiger partial charge on any atom is -0.368 e. The summed E-state index contributed by atoms with van der Waals surface area (Å²) in [6.07, 6.45) is -5.79. The van der Waals surface area contributed by atoms with Crippen molar-refractivity contribution >= 4 is 5.91 Å². The summed E-state index contributed by atoms with van der Waals surface area (Å²) < 4.78 is 34.4. The van der Waals surface area contributed by atoms with E-state index in [2.05, 4.69) is 5.73 Å². The van der Waals surface area contributed by atoms with Crippen molar-refractivity contribution < 1.29 is 18.0 Å². The number of carbonyl (C=O) groups is 1. The van der Waals surface area contributed by atoms with Gasteiger partial charge in [-0.15, -0.1) is 0 Å². The van der Waals surface area contributed by atoms with Crippen LogP contribution in [0.3, 0.4) is 0 Å². The molecular formula is C5H9F3N2O. The first-order valence-electron chi connectivity index (χ1n) is 2.94. The molecule has 0 bridgehead atoms. The first-order valence-corrected chi connectivity index (χ1v) is 2.94. The van der Waals surface area contributed by atoms with Crippen LogP contribution < -0.4 is 11.5 Å². The lowest BCUT2D eigenvalue weighted by Gasteiger charge is -2.08. The van der Waals surface area contributed by atoms with E-state index in [1.807, 2.05) is 0 Å². The molecule has 0 rings (SSSR count). The molecule has 0 aromatic heterocycles. The second kappa shape index (κ2) is 3.56. The van der Waals surface area contributed by atoms with Crippen molar-refractivity contribution in [2.75, 3.05) is 0 Å². The molecule has 66 valence electrons. The Balaban J connectivity index is 3.63. The van der Waals surface area contributed by atoms with Crippen LogP contribution in [0.1, 0.15) is 12.8 Å². The highest BCUT2D eigenvalue weighted by Crippen LogP contribution is 2.21. The van der Waals surface area contributed by atoms with Gasteiger partial charge in [-0.05, 0) is 6.42 Å². The summed E-state index contributed by atoms with van der Waals surface area (Å²) in [7, 11) is 0. The maximum Gasteiger partial charge on any atom is 0.389 e. The number of carbonyl (C=O) groups excluding carboxylic acids is 1. The fraction of sp³-hybridized carbons (Fsp3) is 0.800. The van der Waals surface area contributed by atoms with E-state index in [0.29, 0.717) is 0 Å². The molecule has 0 aromatic carbocycles. The van der Waals surface area contributed by atoms with Crippen LogP contribution in [-0.4, -0.2) is 18.1 Å². The summed E-state index contributed by atoms with van der Waals surface area (Å²) in [4.78, 5) is 10.1. The Bertz CT molecular complexity index is 145. The Kier molecular flexibility index (Phi) is 3.31. The topological polar surface area (TPSA) is 69.1 Å². The first kappa shape index (κ1) is 10.2. The summed E-state index contributed by atoms with van der Waals surface area (Å²) in [5, 5.41) is 0. The van der Waals surface area contributed by atoms with E-state index >= 15 is 0 Å². The van der Waals surface area contributed by atoms with Crippen molar-refractivity contribution in [3.8, 4) is 0 Å². The average Bonchev–Trinajstić information content (AvgIpc) is 1.80. The van der Waals surface area contributed by atoms with E-state index in [9.17, 15) is 18.0 Å². The minimum absolute atomic E-state index is 0.446. The Morgan fingerprint density at radius 3 is 2.18 bits per heavy atom. The maximum atomic E-state index is 11.5. The molecule has 11 heavy (non-hydrogen) atoms. The zero-order valence-electron chi connectivity index (χ0n) is 5.69. The van der Waals surface area contributed by atoms with Gasteiger partial charge in [-0.3, -0.25) is 4.79 Å². The van der Waals surface area contributed by atoms with E-state index in [0.717, 1.165) is 0 Å². The number of amides is 1. The van der Waals surface area contributed by atoms with Crippen LogP contribution in [0, 0.1) is 0 Å². The van der Waals surface area contributed by atoms with Crippen molar-refractivity contribution in [1.29, 1.82) is 0 Å². The van der Waals surface area contributed by atoms with Gasteiger partial charge in [0.1, 0.15) is 0 Å². The molecule has 0 aliphatic heterocycles. The van der Waals surface area contributed by atoms with Crippen molar-refractivity contribution in [3.05, 3.63) is 0 Å². The molecule has 0 saturated carbocycles. The summed E-state index contributed by atoms with van der Waals surface area (Å²) in [6, 6.07) is -1.20. The number of hydrogen-bond donors (Lipinski definition) is 2. The van der Waals surface area contributed by atoms with Gasteiger partial charge in [0, 0.05) is 6.42 Å². The third-order valence-electron chi connectivity index (χ3n) is 1.10. The maximum absolute atomic E-state index is 11.5. The predicted molar refractivity (Wildman–Crippen MR) is 32.5 cm³/mol. The molecule has 1 amide bonds. The second-order valence-corrected chi connectivity index (χ2v) is 2.16. The van der Waals surface area contributed by atoms with Crippen molar-refractivity contribution in [1.82, 2.24) is 0 Å². The van der Waals surface area contributed by atoms with Crippen LogP contribution >= 0.6 is 0 Å². The molecule has 0 aliphatic rings. The van der Waals surface area contributed by atoms with Gasteiger partial charge in [0.15, 0.2) is 0 Å². The Labute approximate surface area is 61.5 Å². The van der Waals surface area contributed by atoms with Crippen LogP contribution in [0.25, 0.3) is 0 Å². The van der Waals surface area contributed by atoms with Gasteiger partial charge in [0.25, 0.3) is 0 Å². The molecule has 6 heteroatoms. The van der Waals surface area contributed by atoms with E-state index in [4.69, 9.17) is 5.73 Å². The van der Waals surface area contributed by atoms with Crippen LogP contribution in [0.2, 0.25) is 0 Å². The zero-order valence-corrected chi connectivity index (χ0v) is 5.69. The summed E-state index contributed by atoms with van der Waals surface area (Å²) >= 11 is 0. The second-order valence-electron chi connectivity index (χ2n) is 2.16. The van der Waals surface area contributed by atoms with Gasteiger partial charge in [-0.1, -0.05) is 0 Å². The molecule has 1 unspecified atom stereocenters. The Morgan fingerprint density at radius 2 is 1.91 bits per heavy atom. The highest BCUT2D eigenvalue weighted by atomic mass is 19.4. The highest BCUT2D eigenvalue weighted by molar-refractivity contribution is 5.79. The van der Waals surface area contributed by atoms with Crippen molar-refractivity contribution in [2.24, 2.45) is 11.5 Å². The lowest BCUT2D eigenvalue weighted by molar-refractivity contribution is -0.137. The third-order valence-corrected chi connectivity index (χ3v) is 1.10. The smallest absolute Gasteiger partial charge is 0.368 e. The largest absolute Gasteiger partial charge is 0.389 e. The van der Waals surface area contributed by atoms with Crippen molar-refractivity contribution in [3.63, 3.8) is 0 Å². The van der Waals surface area contributed by atoms with Crippen molar-refractivity contribution in [2.45, 2.75) is 25.1 Å².